The number of carbonyl (C=O) groups excluding carboxylic acids is 2. The standard InChI is InChI=1S/C14H14BrClN4O2.C4H8.C2H4ClN/c1-7-4-8(16)5-9(13(21)17-2)12(7)18-14(22)10-6-11(15)19-20(10)3;1-3-4-2;3-1-2-4/h4-6H,1-3H3,(H,17,21)(H,18,22);3-4H,1-2H3;1-2H,4H2/b;4-3-;2-1+. The van der Waals surface area contributed by atoms with Crippen LogP contribution >= 0.6 is 39.1 Å². The number of nitrogens with zero attached hydrogens (tertiary/aromatic N) is 2. The van der Waals surface area contributed by atoms with Gasteiger partial charge in [0.15, 0.2) is 0 Å². The fourth-order valence-corrected chi connectivity index (χ4v) is 2.77. The van der Waals surface area contributed by atoms with Crippen LogP contribution in [0.25, 0.3) is 0 Å². The molecule has 7 nitrogen and oxygen atoms in total. The van der Waals surface area contributed by atoms with E-state index >= 15 is 0 Å². The molecular formula is C20H26BrCl2N5O2. The van der Waals surface area contributed by atoms with E-state index in [0.717, 1.165) is 0 Å². The van der Waals surface area contributed by atoms with Gasteiger partial charge in [-0.1, -0.05) is 35.4 Å². The molecule has 0 spiro atoms. The molecule has 2 aromatic rings. The van der Waals surface area contributed by atoms with Crippen molar-refractivity contribution < 1.29 is 9.59 Å². The Labute approximate surface area is 195 Å². The third-order valence-corrected chi connectivity index (χ3v) is 4.25. The van der Waals surface area contributed by atoms with Gasteiger partial charge in [0.2, 0.25) is 0 Å². The van der Waals surface area contributed by atoms with Gasteiger partial charge in [-0.2, -0.15) is 5.10 Å². The highest BCUT2D eigenvalue weighted by Gasteiger charge is 2.19. The van der Waals surface area contributed by atoms with Crippen LogP contribution in [0.3, 0.4) is 0 Å². The highest BCUT2D eigenvalue weighted by atomic mass is 79.9. The van der Waals surface area contributed by atoms with Crippen molar-refractivity contribution in [3.05, 3.63) is 68.5 Å². The number of aromatic nitrogens is 2. The summed E-state index contributed by atoms with van der Waals surface area (Å²) in [6, 6.07) is 4.80. The summed E-state index contributed by atoms with van der Waals surface area (Å²) in [7, 11) is 3.18. The van der Waals surface area contributed by atoms with Crippen LogP contribution in [0.5, 0.6) is 0 Å². The highest BCUT2D eigenvalue weighted by molar-refractivity contribution is 9.10. The molecule has 1 aromatic heterocycles. The summed E-state index contributed by atoms with van der Waals surface area (Å²) in [5.41, 5.74) is 7.76. The number of rotatable bonds is 3. The van der Waals surface area contributed by atoms with E-state index in [-0.39, 0.29) is 11.8 Å². The molecule has 0 aliphatic heterocycles. The summed E-state index contributed by atoms with van der Waals surface area (Å²) in [6.07, 6.45) is 5.27. The van der Waals surface area contributed by atoms with E-state index in [2.05, 4.69) is 31.7 Å². The fourth-order valence-electron chi connectivity index (χ4n) is 2.05. The Bertz CT molecular complexity index is 893. The molecule has 10 heteroatoms. The summed E-state index contributed by atoms with van der Waals surface area (Å²) < 4.78 is 2.00. The first-order valence-corrected chi connectivity index (χ1v) is 10.3. The van der Waals surface area contributed by atoms with E-state index < -0.39 is 0 Å². The van der Waals surface area contributed by atoms with Gasteiger partial charge in [0, 0.05) is 36.9 Å². The maximum Gasteiger partial charge on any atom is 0.273 e. The highest BCUT2D eigenvalue weighted by Crippen LogP contribution is 2.26. The van der Waals surface area contributed by atoms with Crippen molar-refractivity contribution in [2.75, 3.05) is 12.4 Å². The molecule has 0 atom stereocenters. The first-order chi connectivity index (χ1) is 14.2. The van der Waals surface area contributed by atoms with Gasteiger partial charge in [0.25, 0.3) is 11.8 Å². The lowest BCUT2D eigenvalue weighted by Crippen LogP contribution is -2.23. The van der Waals surface area contributed by atoms with Crippen molar-refractivity contribution in [3.8, 4) is 0 Å². The number of benzene rings is 1. The number of carbonyl (C=O) groups is 2. The van der Waals surface area contributed by atoms with Gasteiger partial charge in [-0.25, -0.2) is 0 Å². The molecule has 0 saturated heterocycles. The number of anilines is 1. The van der Waals surface area contributed by atoms with E-state index in [1.54, 1.807) is 26.1 Å². The maximum absolute atomic E-state index is 12.4. The Morgan fingerprint density at radius 1 is 1.20 bits per heavy atom. The number of amides is 2. The molecule has 0 saturated carbocycles. The second-order valence-electron chi connectivity index (χ2n) is 5.64. The number of hydrogen-bond donors (Lipinski definition) is 3. The molecule has 0 radical (unpaired) electrons. The van der Waals surface area contributed by atoms with Crippen LogP contribution in [0.2, 0.25) is 5.02 Å². The summed E-state index contributed by atoms with van der Waals surface area (Å²) in [5, 5.41) is 9.77. The molecule has 4 N–H and O–H groups in total. The Morgan fingerprint density at radius 3 is 2.17 bits per heavy atom. The van der Waals surface area contributed by atoms with Crippen LogP contribution in [0.4, 0.5) is 5.69 Å². The molecule has 0 aliphatic rings. The van der Waals surface area contributed by atoms with E-state index in [4.69, 9.17) is 28.9 Å². The van der Waals surface area contributed by atoms with Crippen LogP contribution in [0.1, 0.15) is 40.3 Å². The average Bonchev–Trinajstić information content (AvgIpc) is 3.07. The van der Waals surface area contributed by atoms with Gasteiger partial charge in [0.05, 0.1) is 11.3 Å². The minimum atomic E-state index is -0.365. The Kier molecular flexibility index (Phi) is 13.5. The van der Waals surface area contributed by atoms with E-state index in [0.29, 0.717) is 32.1 Å². The van der Waals surface area contributed by atoms with Gasteiger partial charge in [-0.3, -0.25) is 14.3 Å². The largest absolute Gasteiger partial charge is 0.404 e. The van der Waals surface area contributed by atoms with Crippen LogP contribution in [0.15, 0.2) is 46.7 Å². The number of allylic oxidation sites excluding steroid dienone is 2. The van der Waals surface area contributed by atoms with Gasteiger partial charge >= 0.3 is 0 Å². The van der Waals surface area contributed by atoms with Crippen molar-refractivity contribution in [1.82, 2.24) is 15.1 Å². The van der Waals surface area contributed by atoms with E-state index in [1.165, 1.54) is 29.5 Å². The van der Waals surface area contributed by atoms with Gasteiger partial charge in [-0.15, -0.1) is 0 Å². The number of aryl methyl sites for hydroxylation is 2. The summed E-state index contributed by atoms with van der Waals surface area (Å²) >= 11 is 14.1. The average molecular weight is 519 g/mol. The third-order valence-electron chi connectivity index (χ3n) is 3.50. The quantitative estimate of drug-likeness (QED) is 0.498. The number of halogens is 3. The Morgan fingerprint density at radius 2 is 1.77 bits per heavy atom. The van der Waals surface area contributed by atoms with Gasteiger partial charge in [-0.05, 0) is 54.4 Å². The molecule has 2 rings (SSSR count). The molecule has 0 fully saturated rings. The zero-order valence-electron chi connectivity index (χ0n) is 17.5. The second kappa shape index (κ2) is 14.7. The topological polar surface area (TPSA) is 102 Å². The maximum atomic E-state index is 12.4. The lowest BCUT2D eigenvalue weighted by Gasteiger charge is -2.14. The summed E-state index contributed by atoms with van der Waals surface area (Å²) in [6.45, 7) is 5.77. The third kappa shape index (κ3) is 9.02. The minimum Gasteiger partial charge on any atom is -0.404 e. The molecule has 30 heavy (non-hydrogen) atoms. The molecule has 1 heterocycles. The molecular weight excluding hydrogens is 493 g/mol. The van der Waals surface area contributed by atoms with E-state index in [9.17, 15) is 9.59 Å². The normalized spacial score (nSPS) is 10.1. The van der Waals surface area contributed by atoms with Crippen molar-refractivity contribution in [2.45, 2.75) is 20.8 Å². The van der Waals surface area contributed by atoms with E-state index in [1.807, 2.05) is 26.0 Å². The van der Waals surface area contributed by atoms with Crippen LogP contribution in [-0.2, 0) is 7.05 Å². The smallest absolute Gasteiger partial charge is 0.273 e. The number of hydrogen-bond acceptors (Lipinski definition) is 4. The number of nitrogens with two attached hydrogens (primary N) is 1. The molecule has 0 unspecified atom stereocenters. The SMILES string of the molecule is C/C=C\C.CNC(=O)c1cc(Cl)cc(C)c1NC(=O)c1cc(Br)nn1C.N/C=C/Cl. The van der Waals surface area contributed by atoms with Crippen molar-refractivity contribution in [1.29, 1.82) is 0 Å². The lowest BCUT2D eigenvalue weighted by atomic mass is 10.1. The first-order valence-electron chi connectivity index (χ1n) is 8.74. The number of nitrogens with one attached hydrogen (secondary N) is 2. The Hall–Kier alpha value is -2.29. The summed E-state index contributed by atoms with van der Waals surface area (Å²) in [5.74, 6) is -0.691. The van der Waals surface area contributed by atoms with Crippen molar-refractivity contribution in [2.24, 2.45) is 12.8 Å². The molecule has 0 aliphatic carbocycles. The lowest BCUT2D eigenvalue weighted by molar-refractivity contribution is 0.0964. The second-order valence-corrected chi connectivity index (χ2v) is 7.14. The molecule has 2 amide bonds. The fraction of sp³-hybridized carbons (Fsp3) is 0.250. The molecule has 164 valence electrons. The minimum absolute atomic E-state index is 0.307. The first kappa shape index (κ1) is 27.7. The van der Waals surface area contributed by atoms with Crippen LogP contribution in [0, 0.1) is 6.92 Å². The zero-order valence-corrected chi connectivity index (χ0v) is 20.6. The van der Waals surface area contributed by atoms with Gasteiger partial charge in [0.1, 0.15) is 10.3 Å². The predicted octanol–water partition coefficient (Wildman–Crippen LogP) is 4.99. The monoisotopic (exact) mass is 517 g/mol. The zero-order chi connectivity index (χ0) is 23.3. The summed E-state index contributed by atoms with van der Waals surface area (Å²) in [4.78, 5) is 24.4. The molecule has 1 aromatic carbocycles. The van der Waals surface area contributed by atoms with Gasteiger partial charge < -0.3 is 16.4 Å². The molecule has 0 bridgehead atoms. The Balaban J connectivity index is 0.000000901. The predicted molar refractivity (Wildman–Crippen MR) is 128 cm³/mol. The van der Waals surface area contributed by atoms with Crippen molar-refractivity contribution >= 4 is 56.6 Å². The van der Waals surface area contributed by atoms with Crippen LogP contribution < -0.4 is 16.4 Å². The van der Waals surface area contributed by atoms with Crippen molar-refractivity contribution in [3.63, 3.8) is 0 Å². The van der Waals surface area contributed by atoms with Crippen LogP contribution in [-0.4, -0.2) is 28.6 Å².